The van der Waals surface area contributed by atoms with Crippen LogP contribution in [0, 0.1) is 71.0 Å². The third-order valence-electron chi connectivity index (χ3n) is 8.70. The lowest BCUT2D eigenvalue weighted by Gasteiger charge is -2.45. The Bertz CT molecular complexity index is 387. The van der Waals surface area contributed by atoms with Crippen LogP contribution in [0.2, 0.25) is 0 Å². The van der Waals surface area contributed by atoms with Crippen LogP contribution in [-0.4, -0.2) is 0 Å². The molecule has 5 aliphatic rings. The molecule has 0 heteroatoms. The second kappa shape index (κ2) is 3.01. The zero-order valence-electron chi connectivity index (χ0n) is 12.3. The molecule has 100 valence electrons. The van der Waals surface area contributed by atoms with Crippen LogP contribution >= 0.6 is 0 Å². The van der Waals surface area contributed by atoms with Gasteiger partial charge in [0.05, 0.1) is 0 Å². The van der Waals surface area contributed by atoms with E-state index in [0.717, 1.165) is 29.6 Å². The van der Waals surface area contributed by atoms with Gasteiger partial charge < -0.3 is 0 Å². The number of fused-ring (bicyclic) bond motifs is 2. The Balaban J connectivity index is 1.30. The summed E-state index contributed by atoms with van der Waals surface area (Å²) in [4.78, 5) is 0. The standard InChI is InChI=1S/C18H28/c1-7-8(2)11(7)5-14-16-10(4)17(16)18(14)13-6-12-9(3)15(12)13/h7-18H,5-6H2,1-4H3. The second-order valence-electron chi connectivity index (χ2n) is 8.87. The Morgan fingerprint density at radius 1 is 0.611 bits per heavy atom. The lowest BCUT2D eigenvalue weighted by Crippen LogP contribution is -2.40. The largest absolute Gasteiger partial charge is 0.0620 e. The first kappa shape index (κ1) is 10.7. The van der Waals surface area contributed by atoms with Crippen LogP contribution in [0.5, 0.6) is 0 Å². The molecule has 0 nitrogen and oxygen atoms in total. The SMILES string of the molecule is CC1C(C)C1CC1C2C(C)C2C1C1CC2C(C)C21. The van der Waals surface area contributed by atoms with Crippen molar-refractivity contribution in [3.63, 3.8) is 0 Å². The van der Waals surface area contributed by atoms with Gasteiger partial charge in [-0.2, -0.15) is 0 Å². The molecule has 11 unspecified atom stereocenters. The van der Waals surface area contributed by atoms with E-state index < -0.39 is 0 Å². The summed E-state index contributed by atoms with van der Waals surface area (Å²) in [7, 11) is 0. The number of rotatable bonds is 3. The maximum atomic E-state index is 2.55. The summed E-state index contributed by atoms with van der Waals surface area (Å²) in [5.74, 6) is 13.7. The maximum Gasteiger partial charge on any atom is -0.0318 e. The quantitative estimate of drug-likeness (QED) is 0.694. The van der Waals surface area contributed by atoms with Gasteiger partial charge in [-0.3, -0.25) is 0 Å². The molecule has 11 atom stereocenters. The predicted octanol–water partition coefficient (Wildman–Crippen LogP) is 4.31. The van der Waals surface area contributed by atoms with Gasteiger partial charge in [-0.05, 0) is 83.9 Å². The van der Waals surface area contributed by atoms with Gasteiger partial charge in [-0.25, -0.2) is 0 Å². The zero-order chi connectivity index (χ0) is 12.3. The maximum absolute atomic E-state index is 2.55. The summed E-state index contributed by atoms with van der Waals surface area (Å²) >= 11 is 0. The molecule has 5 aliphatic carbocycles. The van der Waals surface area contributed by atoms with E-state index in [1.165, 1.54) is 41.4 Å². The minimum Gasteiger partial charge on any atom is -0.0620 e. The second-order valence-corrected chi connectivity index (χ2v) is 8.87. The Hall–Kier alpha value is 0. The van der Waals surface area contributed by atoms with Gasteiger partial charge in [0, 0.05) is 0 Å². The summed E-state index contributed by atoms with van der Waals surface area (Å²) in [5.41, 5.74) is 0. The smallest absolute Gasteiger partial charge is 0.0318 e. The van der Waals surface area contributed by atoms with Crippen molar-refractivity contribution in [2.75, 3.05) is 0 Å². The van der Waals surface area contributed by atoms with Gasteiger partial charge in [-0.15, -0.1) is 0 Å². The van der Waals surface area contributed by atoms with Crippen LogP contribution in [-0.2, 0) is 0 Å². The Kier molecular flexibility index (Phi) is 1.80. The summed E-state index contributed by atoms with van der Waals surface area (Å²) in [6.45, 7) is 10.0. The van der Waals surface area contributed by atoms with E-state index in [9.17, 15) is 0 Å². The Morgan fingerprint density at radius 3 is 1.83 bits per heavy atom. The van der Waals surface area contributed by atoms with Crippen molar-refractivity contribution >= 4 is 0 Å². The molecule has 0 heterocycles. The van der Waals surface area contributed by atoms with Crippen LogP contribution in [0.1, 0.15) is 40.5 Å². The highest BCUT2D eigenvalue weighted by Gasteiger charge is 2.74. The van der Waals surface area contributed by atoms with Gasteiger partial charge in [-0.1, -0.05) is 27.7 Å². The molecule has 5 fully saturated rings. The fourth-order valence-corrected chi connectivity index (χ4v) is 6.98. The van der Waals surface area contributed by atoms with E-state index in [1.807, 2.05) is 0 Å². The third kappa shape index (κ3) is 1.07. The lowest BCUT2D eigenvalue weighted by atomic mass is 9.59. The molecule has 0 N–H and O–H groups in total. The normalized spacial score (nSPS) is 74.7. The van der Waals surface area contributed by atoms with Crippen molar-refractivity contribution in [2.45, 2.75) is 40.5 Å². The molecule has 0 aromatic carbocycles. The molecule has 0 radical (unpaired) electrons. The van der Waals surface area contributed by atoms with Gasteiger partial charge in [0.1, 0.15) is 0 Å². The number of hydrogen-bond donors (Lipinski definition) is 0. The van der Waals surface area contributed by atoms with Gasteiger partial charge >= 0.3 is 0 Å². The van der Waals surface area contributed by atoms with Crippen molar-refractivity contribution in [3.8, 4) is 0 Å². The monoisotopic (exact) mass is 244 g/mol. The Labute approximate surface area is 112 Å². The summed E-state index contributed by atoms with van der Waals surface area (Å²) in [6.07, 6.45) is 3.24. The van der Waals surface area contributed by atoms with Gasteiger partial charge in [0.25, 0.3) is 0 Å². The van der Waals surface area contributed by atoms with E-state index >= 15 is 0 Å². The molecule has 0 bridgehead atoms. The zero-order valence-corrected chi connectivity index (χ0v) is 12.3. The molecule has 18 heavy (non-hydrogen) atoms. The summed E-state index contributed by atoms with van der Waals surface area (Å²) in [5, 5.41) is 0. The highest BCUT2D eigenvalue weighted by Crippen LogP contribution is 2.79. The van der Waals surface area contributed by atoms with Crippen molar-refractivity contribution in [2.24, 2.45) is 71.0 Å². The fourth-order valence-electron chi connectivity index (χ4n) is 6.98. The average molecular weight is 244 g/mol. The van der Waals surface area contributed by atoms with Crippen molar-refractivity contribution in [1.29, 1.82) is 0 Å². The van der Waals surface area contributed by atoms with E-state index in [-0.39, 0.29) is 0 Å². The average Bonchev–Trinajstić information content (AvgIpc) is 3.15. The number of hydrogen-bond acceptors (Lipinski definition) is 0. The van der Waals surface area contributed by atoms with Crippen LogP contribution in [0.15, 0.2) is 0 Å². The van der Waals surface area contributed by atoms with E-state index in [2.05, 4.69) is 27.7 Å². The highest BCUT2D eigenvalue weighted by atomic mass is 14.8. The van der Waals surface area contributed by atoms with Gasteiger partial charge in [0.2, 0.25) is 0 Å². The molecular formula is C18H28. The molecule has 5 rings (SSSR count). The van der Waals surface area contributed by atoms with Gasteiger partial charge in [0.15, 0.2) is 0 Å². The van der Waals surface area contributed by atoms with E-state index in [1.54, 1.807) is 12.8 Å². The van der Waals surface area contributed by atoms with Crippen molar-refractivity contribution < 1.29 is 0 Å². The van der Waals surface area contributed by atoms with Crippen molar-refractivity contribution in [3.05, 3.63) is 0 Å². The first-order valence-electron chi connectivity index (χ1n) is 8.61. The Morgan fingerprint density at radius 2 is 1.33 bits per heavy atom. The predicted molar refractivity (Wildman–Crippen MR) is 73.8 cm³/mol. The summed E-state index contributed by atoms with van der Waals surface area (Å²) < 4.78 is 0. The molecule has 5 saturated carbocycles. The van der Waals surface area contributed by atoms with Crippen molar-refractivity contribution in [1.82, 2.24) is 0 Å². The van der Waals surface area contributed by atoms with Crippen LogP contribution < -0.4 is 0 Å². The van der Waals surface area contributed by atoms with Crippen LogP contribution in [0.3, 0.4) is 0 Å². The fraction of sp³-hybridized carbons (Fsp3) is 1.00. The highest BCUT2D eigenvalue weighted by molar-refractivity contribution is 5.21. The van der Waals surface area contributed by atoms with Crippen LogP contribution in [0.25, 0.3) is 0 Å². The molecule has 0 amide bonds. The third-order valence-corrected chi connectivity index (χ3v) is 8.70. The molecule has 0 aliphatic heterocycles. The first-order chi connectivity index (χ1) is 8.61. The first-order valence-corrected chi connectivity index (χ1v) is 8.61. The molecule has 0 aromatic heterocycles. The molecule has 0 aromatic rings. The molecule has 0 saturated heterocycles. The van der Waals surface area contributed by atoms with Crippen LogP contribution in [0.4, 0.5) is 0 Å². The topological polar surface area (TPSA) is 0 Å². The lowest BCUT2D eigenvalue weighted by molar-refractivity contribution is 0.0228. The minimum atomic E-state index is 1.05. The van der Waals surface area contributed by atoms with E-state index in [0.29, 0.717) is 0 Å². The molecule has 0 spiro atoms. The van der Waals surface area contributed by atoms with E-state index in [4.69, 9.17) is 0 Å². The molecular weight excluding hydrogens is 216 g/mol. The summed E-state index contributed by atoms with van der Waals surface area (Å²) in [6, 6.07) is 0. The minimum absolute atomic E-state index is 1.05.